The van der Waals surface area contributed by atoms with Crippen molar-refractivity contribution < 1.29 is 14.2 Å². The zero-order valence-electron chi connectivity index (χ0n) is 18.7. The van der Waals surface area contributed by atoms with Crippen LogP contribution < -0.4 is 25.2 Å². The second kappa shape index (κ2) is 9.91. The molecule has 7 heteroatoms. The molecule has 1 aromatic heterocycles. The smallest absolute Gasteiger partial charge is 0.280 e. The Morgan fingerprint density at radius 2 is 1.61 bits per heavy atom. The standard InChI is InChI=1S/C26H25N3O4/c1-31-22-13-7-4-9-18(22)10-8-16-27-29-25(19-14-15-23(32-2)24(17-19)33-3)28-21-12-6-5-11-20(21)26(29)30/h4-15,17,27H,16H2,1-3H3/b10-8+. The molecule has 0 spiro atoms. The van der Waals surface area contributed by atoms with E-state index in [9.17, 15) is 4.79 Å². The molecule has 0 bridgehead atoms. The average Bonchev–Trinajstić information content (AvgIpc) is 2.87. The number of methoxy groups -OCH3 is 3. The summed E-state index contributed by atoms with van der Waals surface area (Å²) < 4.78 is 17.6. The van der Waals surface area contributed by atoms with E-state index in [0.717, 1.165) is 16.9 Å². The van der Waals surface area contributed by atoms with Crippen molar-refractivity contribution >= 4 is 17.0 Å². The number of hydrogen-bond donors (Lipinski definition) is 1. The maximum absolute atomic E-state index is 13.3. The van der Waals surface area contributed by atoms with Crippen molar-refractivity contribution in [3.8, 4) is 28.6 Å². The molecule has 0 aliphatic rings. The van der Waals surface area contributed by atoms with Gasteiger partial charge in [0.1, 0.15) is 5.75 Å². The van der Waals surface area contributed by atoms with E-state index < -0.39 is 0 Å². The highest BCUT2D eigenvalue weighted by atomic mass is 16.5. The number of nitrogens with zero attached hydrogens (tertiary/aromatic N) is 2. The van der Waals surface area contributed by atoms with Gasteiger partial charge in [-0.2, -0.15) is 0 Å². The summed E-state index contributed by atoms with van der Waals surface area (Å²) in [6.45, 7) is 0.401. The van der Waals surface area contributed by atoms with Gasteiger partial charge in [0.25, 0.3) is 5.56 Å². The van der Waals surface area contributed by atoms with Crippen LogP contribution in [0.5, 0.6) is 17.2 Å². The summed E-state index contributed by atoms with van der Waals surface area (Å²) in [7, 11) is 4.79. The van der Waals surface area contributed by atoms with E-state index in [4.69, 9.17) is 19.2 Å². The molecule has 0 atom stereocenters. The van der Waals surface area contributed by atoms with Crippen molar-refractivity contribution in [3.63, 3.8) is 0 Å². The van der Waals surface area contributed by atoms with E-state index >= 15 is 0 Å². The fraction of sp³-hybridized carbons (Fsp3) is 0.154. The van der Waals surface area contributed by atoms with Crippen LogP contribution in [0.2, 0.25) is 0 Å². The van der Waals surface area contributed by atoms with Crippen molar-refractivity contribution in [2.75, 3.05) is 33.3 Å². The third-order valence-corrected chi connectivity index (χ3v) is 5.22. The third-order valence-electron chi connectivity index (χ3n) is 5.22. The molecule has 0 amide bonds. The van der Waals surface area contributed by atoms with E-state index in [-0.39, 0.29) is 5.56 Å². The maximum atomic E-state index is 13.3. The van der Waals surface area contributed by atoms with Gasteiger partial charge in [0, 0.05) is 17.7 Å². The molecule has 0 unspecified atom stereocenters. The largest absolute Gasteiger partial charge is 0.496 e. The van der Waals surface area contributed by atoms with Crippen LogP contribution in [0, 0.1) is 0 Å². The van der Waals surface area contributed by atoms with Gasteiger partial charge in [-0.05, 0) is 36.4 Å². The third kappa shape index (κ3) is 4.52. The lowest BCUT2D eigenvalue weighted by Gasteiger charge is -2.16. The highest BCUT2D eigenvalue weighted by molar-refractivity contribution is 5.80. The topological polar surface area (TPSA) is 74.6 Å². The second-order valence-electron chi connectivity index (χ2n) is 7.17. The predicted molar refractivity (Wildman–Crippen MR) is 131 cm³/mol. The van der Waals surface area contributed by atoms with Crippen LogP contribution in [0.4, 0.5) is 0 Å². The summed E-state index contributed by atoms with van der Waals surface area (Å²) >= 11 is 0. The van der Waals surface area contributed by atoms with E-state index in [1.54, 1.807) is 39.5 Å². The monoisotopic (exact) mass is 443 g/mol. The van der Waals surface area contributed by atoms with Crippen molar-refractivity contribution in [1.29, 1.82) is 0 Å². The van der Waals surface area contributed by atoms with Crippen LogP contribution in [0.3, 0.4) is 0 Å². The molecule has 7 nitrogen and oxygen atoms in total. The van der Waals surface area contributed by atoms with Gasteiger partial charge < -0.3 is 19.6 Å². The molecule has 168 valence electrons. The number of para-hydroxylation sites is 2. The fourth-order valence-corrected chi connectivity index (χ4v) is 3.58. The molecule has 4 aromatic rings. The van der Waals surface area contributed by atoms with Gasteiger partial charge in [-0.25, -0.2) is 9.66 Å². The van der Waals surface area contributed by atoms with Gasteiger partial charge in [0.2, 0.25) is 0 Å². The summed E-state index contributed by atoms with van der Waals surface area (Å²) in [5.74, 6) is 2.42. The molecule has 3 aromatic carbocycles. The molecule has 0 aliphatic carbocycles. The molecule has 0 aliphatic heterocycles. The van der Waals surface area contributed by atoms with Gasteiger partial charge >= 0.3 is 0 Å². The average molecular weight is 444 g/mol. The van der Waals surface area contributed by atoms with Gasteiger partial charge in [-0.15, -0.1) is 0 Å². The normalized spacial score (nSPS) is 11.0. The Labute approximate surface area is 191 Å². The molecular weight excluding hydrogens is 418 g/mol. The second-order valence-corrected chi connectivity index (χ2v) is 7.17. The first-order valence-electron chi connectivity index (χ1n) is 10.4. The minimum atomic E-state index is -0.184. The number of nitrogens with one attached hydrogen (secondary N) is 1. The first kappa shape index (κ1) is 22.0. The van der Waals surface area contributed by atoms with Crippen LogP contribution in [0.1, 0.15) is 5.56 Å². The summed E-state index contributed by atoms with van der Waals surface area (Å²) in [5.41, 5.74) is 5.29. The lowest BCUT2D eigenvalue weighted by molar-refractivity contribution is 0.355. The van der Waals surface area contributed by atoms with Crippen LogP contribution >= 0.6 is 0 Å². The molecule has 0 radical (unpaired) electrons. The zero-order chi connectivity index (χ0) is 23.2. The number of rotatable bonds is 8. The highest BCUT2D eigenvalue weighted by Crippen LogP contribution is 2.31. The highest BCUT2D eigenvalue weighted by Gasteiger charge is 2.15. The Morgan fingerprint density at radius 1 is 0.879 bits per heavy atom. The SMILES string of the molecule is COc1ccccc1/C=C/CNn1c(-c2ccc(OC)c(OC)c2)nc2ccccc2c1=O. The Balaban J connectivity index is 1.73. The van der Waals surface area contributed by atoms with Crippen molar-refractivity contribution in [2.45, 2.75) is 0 Å². The number of fused-ring (bicyclic) bond motifs is 1. The van der Waals surface area contributed by atoms with Crippen LogP contribution in [0.25, 0.3) is 28.4 Å². The van der Waals surface area contributed by atoms with Crippen molar-refractivity contribution in [2.24, 2.45) is 0 Å². The summed E-state index contributed by atoms with van der Waals surface area (Å²) in [6.07, 6.45) is 3.87. The first-order chi connectivity index (χ1) is 16.2. The quantitative estimate of drug-likeness (QED) is 0.437. The Kier molecular flexibility index (Phi) is 6.59. The fourth-order valence-electron chi connectivity index (χ4n) is 3.58. The number of ether oxygens (including phenoxy) is 3. The lowest BCUT2D eigenvalue weighted by atomic mass is 10.1. The summed E-state index contributed by atoms with van der Waals surface area (Å²) in [5, 5.41) is 0.530. The summed E-state index contributed by atoms with van der Waals surface area (Å²) in [6, 6.07) is 20.5. The minimum Gasteiger partial charge on any atom is -0.496 e. The van der Waals surface area contributed by atoms with Crippen LogP contribution in [0.15, 0.2) is 77.6 Å². The zero-order valence-corrected chi connectivity index (χ0v) is 18.7. The van der Waals surface area contributed by atoms with Crippen molar-refractivity contribution in [3.05, 3.63) is 88.7 Å². The van der Waals surface area contributed by atoms with Crippen molar-refractivity contribution in [1.82, 2.24) is 9.66 Å². The number of hydrogen-bond acceptors (Lipinski definition) is 6. The molecule has 0 fully saturated rings. The molecule has 33 heavy (non-hydrogen) atoms. The van der Waals surface area contributed by atoms with E-state index in [1.165, 1.54) is 4.68 Å². The van der Waals surface area contributed by atoms with E-state index in [2.05, 4.69) is 5.43 Å². The van der Waals surface area contributed by atoms with Crippen LogP contribution in [-0.4, -0.2) is 37.5 Å². The Hall–Kier alpha value is -4.26. The minimum absolute atomic E-state index is 0.184. The lowest BCUT2D eigenvalue weighted by Crippen LogP contribution is -2.31. The van der Waals surface area contributed by atoms with Gasteiger partial charge in [-0.3, -0.25) is 4.79 Å². The maximum Gasteiger partial charge on any atom is 0.280 e. The Morgan fingerprint density at radius 3 is 2.39 bits per heavy atom. The molecular formula is C26H25N3O4. The molecule has 0 saturated heterocycles. The number of aromatic nitrogens is 2. The number of benzene rings is 3. The van der Waals surface area contributed by atoms with Gasteiger partial charge in [-0.1, -0.05) is 42.5 Å². The predicted octanol–water partition coefficient (Wildman–Crippen LogP) is 4.35. The molecule has 1 N–H and O–H groups in total. The van der Waals surface area contributed by atoms with E-state index in [0.29, 0.717) is 34.8 Å². The van der Waals surface area contributed by atoms with E-state index in [1.807, 2.05) is 60.7 Å². The van der Waals surface area contributed by atoms with Gasteiger partial charge in [0.15, 0.2) is 17.3 Å². The van der Waals surface area contributed by atoms with Gasteiger partial charge in [0.05, 0.1) is 32.2 Å². The first-order valence-corrected chi connectivity index (χ1v) is 10.4. The Bertz CT molecular complexity index is 1360. The molecule has 0 saturated carbocycles. The summed E-state index contributed by atoms with van der Waals surface area (Å²) in [4.78, 5) is 18.1. The molecule has 4 rings (SSSR count). The van der Waals surface area contributed by atoms with Crippen LogP contribution in [-0.2, 0) is 0 Å². The molecule has 1 heterocycles.